The van der Waals surface area contributed by atoms with Gasteiger partial charge < -0.3 is 9.47 Å². The number of rotatable bonds is 7. The van der Waals surface area contributed by atoms with Crippen LogP contribution in [0.5, 0.6) is 0 Å². The van der Waals surface area contributed by atoms with Gasteiger partial charge in [0.05, 0.1) is 18.8 Å². The summed E-state index contributed by atoms with van der Waals surface area (Å²) in [6.07, 6.45) is 7.18. The van der Waals surface area contributed by atoms with Crippen molar-refractivity contribution in [1.82, 2.24) is 10.3 Å². The number of hydrogen-bond acceptors (Lipinski definition) is 5. The topological polar surface area (TPSA) is 59.8 Å². The van der Waals surface area contributed by atoms with E-state index < -0.39 is 0 Å². The predicted octanol–water partition coefficient (Wildman–Crippen LogP) is 1.67. The number of nitrogens with zero attached hydrogens (tertiary/aromatic N) is 1. The Morgan fingerprint density at radius 1 is 1.29 bits per heavy atom. The van der Waals surface area contributed by atoms with E-state index in [1.165, 1.54) is 25.7 Å². The van der Waals surface area contributed by atoms with Crippen LogP contribution in [0, 0.1) is 0 Å². The van der Waals surface area contributed by atoms with Gasteiger partial charge in [-0.3, -0.25) is 16.2 Å². The molecule has 0 aromatic carbocycles. The molecule has 1 atom stereocenters. The highest BCUT2D eigenvalue weighted by molar-refractivity contribution is 5.04. The Labute approximate surface area is 129 Å². The molecule has 0 spiro atoms. The fourth-order valence-electron chi connectivity index (χ4n) is 3.98. The first kappa shape index (κ1) is 17.2. The number of hydrazine groups is 1. The van der Waals surface area contributed by atoms with E-state index in [9.17, 15) is 0 Å². The van der Waals surface area contributed by atoms with Crippen molar-refractivity contribution < 1.29 is 9.47 Å². The fraction of sp³-hybridized carbons (Fsp3) is 1.00. The maximum Gasteiger partial charge on any atom is 0.0623 e. The lowest BCUT2D eigenvalue weighted by atomic mass is 9.81. The summed E-state index contributed by atoms with van der Waals surface area (Å²) in [5.74, 6) is 5.97. The first-order valence-electron chi connectivity index (χ1n) is 8.38. The van der Waals surface area contributed by atoms with Crippen LogP contribution in [-0.2, 0) is 9.47 Å². The number of nitrogens with one attached hydrogen (secondary N) is 1. The molecule has 0 amide bonds. The Morgan fingerprint density at radius 2 is 1.90 bits per heavy atom. The van der Waals surface area contributed by atoms with Crippen LogP contribution in [0.1, 0.15) is 52.4 Å². The summed E-state index contributed by atoms with van der Waals surface area (Å²) >= 11 is 0. The summed E-state index contributed by atoms with van der Waals surface area (Å²) in [6, 6.07) is 0.326. The van der Waals surface area contributed by atoms with Crippen LogP contribution in [0.4, 0.5) is 0 Å². The SMILES string of the molecule is COC(C)(C)CCC(NN)C1(N2CCOCC2)CCCC1. The van der Waals surface area contributed by atoms with E-state index in [0.717, 1.165) is 39.1 Å². The van der Waals surface area contributed by atoms with Crippen molar-refractivity contribution in [3.05, 3.63) is 0 Å². The van der Waals surface area contributed by atoms with Gasteiger partial charge in [-0.1, -0.05) is 12.8 Å². The minimum atomic E-state index is -0.0834. The van der Waals surface area contributed by atoms with E-state index in [4.69, 9.17) is 15.3 Å². The summed E-state index contributed by atoms with van der Waals surface area (Å²) in [4.78, 5) is 2.63. The first-order valence-corrected chi connectivity index (χ1v) is 8.38. The highest BCUT2D eigenvalue weighted by Crippen LogP contribution is 2.40. The molecule has 0 radical (unpaired) electrons. The van der Waals surface area contributed by atoms with Crippen molar-refractivity contribution in [2.24, 2.45) is 5.84 Å². The third-order valence-electron chi connectivity index (χ3n) is 5.55. The van der Waals surface area contributed by atoms with Gasteiger partial charge in [-0.25, -0.2) is 0 Å². The molecule has 1 heterocycles. The number of hydrogen-bond donors (Lipinski definition) is 2. The number of methoxy groups -OCH3 is 1. The Hall–Kier alpha value is -0.200. The Balaban J connectivity index is 2.06. The van der Waals surface area contributed by atoms with Gasteiger partial charge in [0.15, 0.2) is 0 Å². The van der Waals surface area contributed by atoms with Crippen molar-refractivity contribution in [1.29, 1.82) is 0 Å². The zero-order chi connectivity index (χ0) is 15.3. The molecular formula is C16H33N3O2. The van der Waals surface area contributed by atoms with Crippen molar-refractivity contribution in [3.63, 3.8) is 0 Å². The Morgan fingerprint density at radius 3 is 2.43 bits per heavy atom. The lowest BCUT2D eigenvalue weighted by Crippen LogP contribution is -2.63. The fourth-order valence-corrected chi connectivity index (χ4v) is 3.98. The summed E-state index contributed by atoms with van der Waals surface area (Å²) in [7, 11) is 1.79. The van der Waals surface area contributed by atoms with E-state index in [2.05, 4.69) is 24.2 Å². The molecular weight excluding hydrogens is 266 g/mol. The third-order valence-corrected chi connectivity index (χ3v) is 5.55. The molecule has 1 unspecified atom stereocenters. The van der Waals surface area contributed by atoms with Crippen LogP contribution in [0.15, 0.2) is 0 Å². The average Bonchev–Trinajstić information content (AvgIpc) is 2.99. The van der Waals surface area contributed by atoms with Gasteiger partial charge in [0.1, 0.15) is 0 Å². The monoisotopic (exact) mass is 299 g/mol. The highest BCUT2D eigenvalue weighted by atomic mass is 16.5. The highest BCUT2D eigenvalue weighted by Gasteiger charge is 2.46. The van der Waals surface area contributed by atoms with Gasteiger partial charge in [-0.05, 0) is 39.5 Å². The summed E-state index contributed by atoms with van der Waals surface area (Å²) in [5, 5.41) is 0. The molecule has 1 aliphatic carbocycles. The zero-order valence-corrected chi connectivity index (χ0v) is 14.0. The van der Waals surface area contributed by atoms with Crippen molar-refractivity contribution in [2.45, 2.75) is 69.6 Å². The standard InChI is InChI=1S/C16H33N3O2/c1-15(2,20-3)9-6-14(18-17)16(7-4-5-8-16)19-10-12-21-13-11-19/h14,18H,4-13,17H2,1-3H3. The summed E-state index contributed by atoms with van der Waals surface area (Å²) in [5.41, 5.74) is 3.27. The second-order valence-electron chi connectivity index (χ2n) is 7.13. The quantitative estimate of drug-likeness (QED) is 0.553. The van der Waals surface area contributed by atoms with Crippen LogP contribution in [-0.4, -0.2) is 55.5 Å². The first-order chi connectivity index (χ1) is 10.0. The molecule has 0 aromatic rings. The van der Waals surface area contributed by atoms with E-state index in [1.807, 2.05) is 0 Å². The third kappa shape index (κ3) is 3.96. The molecule has 2 aliphatic rings. The van der Waals surface area contributed by atoms with Gasteiger partial charge in [0.2, 0.25) is 0 Å². The van der Waals surface area contributed by atoms with Gasteiger partial charge in [-0.2, -0.15) is 0 Å². The maximum atomic E-state index is 5.97. The molecule has 1 saturated heterocycles. The van der Waals surface area contributed by atoms with Crippen LogP contribution in [0.25, 0.3) is 0 Å². The zero-order valence-electron chi connectivity index (χ0n) is 14.0. The molecule has 5 heteroatoms. The Kier molecular flexibility index (Phi) is 6.03. The predicted molar refractivity (Wildman–Crippen MR) is 85.0 cm³/mol. The average molecular weight is 299 g/mol. The lowest BCUT2D eigenvalue weighted by molar-refractivity contribution is -0.0434. The minimum absolute atomic E-state index is 0.0834. The normalized spacial score (nSPS) is 25.1. The van der Waals surface area contributed by atoms with E-state index in [-0.39, 0.29) is 11.1 Å². The minimum Gasteiger partial charge on any atom is -0.379 e. The second-order valence-corrected chi connectivity index (χ2v) is 7.13. The molecule has 0 aromatic heterocycles. The summed E-state index contributed by atoms with van der Waals surface area (Å²) < 4.78 is 11.1. The van der Waals surface area contributed by atoms with Gasteiger partial charge in [0, 0.05) is 31.8 Å². The molecule has 2 rings (SSSR count). The van der Waals surface area contributed by atoms with Crippen LogP contribution >= 0.6 is 0 Å². The van der Waals surface area contributed by atoms with Gasteiger partial charge >= 0.3 is 0 Å². The molecule has 1 saturated carbocycles. The van der Waals surface area contributed by atoms with Crippen LogP contribution in [0.3, 0.4) is 0 Å². The van der Waals surface area contributed by atoms with Crippen LogP contribution in [0.2, 0.25) is 0 Å². The molecule has 0 bridgehead atoms. The molecule has 2 fully saturated rings. The van der Waals surface area contributed by atoms with Gasteiger partial charge in [-0.15, -0.1) is 0 Å². The molecule has 3 N–H and O–H groups in total. The number of nitrogens with two attached hydrogens (primary N) is 1. The lowest BCUT2D eigenvalue weighted by Gasteiger charge is -2.48. The van der Waals surface area contributed by atoms with Gasteiger partial charge in [0.25, 0.3) is 0 Å². The van der Waals surface area contributed by atoms with E-state index in [1.54, 1.807) is 7.11 Å². The van der Waals surface area contributed by atoms with Crippen molar-refractivity contribution in [2.75, 3.05) is 33.4 Å². The Bertz CT molecular complexity index is 311. The van der Waals surface area contributed by atoms with Crippen molar-refractivity contribution >= 4 is 0 Å². The number of ether oxygens (including phenoxy) is 2. The molecule has 5 nitrogen and oxygen atoms in total. The number of morpholine rings is 1. The van der Waals surface area contributed by atoms with E-state index in [0.29, 0.717) is 6.04 Å². The van der Waals surface area contributed by atoms with E-state index >= 15 is 0 Å². The van der Waals surface area contributed by atoms with Crippen molar-refractivity contribution in [3.8, 4) is 0 Å². The summed E-state index contributed by atoms with van der Waals surface area (Å²) in [6.45, 7) is 8.07. The largest absolute Gasteiger partial charge is 0.379 e. The smallest absolute Gasteiger partial charge is 0.0623 e. The molecule has 124 valence electrons. The second kappa shape index (κ2) is 7.38. The maximum absolute atomic E-state index is 5.97. The molecule has 1 aliphatic heterocycles. The van der Waals surface area contributed by atoms with Crippen LogP contribution < -0.4 is 11.3 Å². The molecule has 21 heavy (non-hydrogen) atoms.